The summed E-state index contributed by atoms with van der Waals surface area (Å²) in [6, 6.07) is 22.8. The van der Waals surface area contributed by atoms with Crippen molar-refractivity contribution in [2.45, 2.75) is 12.5 Å². The first kappa shape index (κ1) is 12.5. The van der Waals surface area contributed by atoms with Gasteiger partial charge >= 0.3 is 0 Å². The van der Waals surface area contributed by atoms with Crippen LogP contribution in [-0.4, -0.2) is 9.78 Å². The van der Waals surface area contributed by atoms with E-state index >= 15 is 0 Å². The molecule has 0 amide bonds. The molecule has 0 saturated heterocycles. The number of hydrogen-bond acceptors (Lipinski definition) is 2. The molecule has 0 aliphatic heterocycles. The van der Waals surface area contributed by atoms with Gasteiger partial charge in [0.15, 0.2) is 0 Å². The van der Waals surface area contributed by atoms with Crippen LogP contribution in [-0.2, 0) is 6.54 Å². The topological polar surface area (TPSA) is 43.8 Å². The van der Waals surface area contributed by atoms with Crippen molar-refractivity contribution in [3.8, 4) is 0 Å². The van der Waals surface area contributed by atoms with E-state index in [1.807, 2.05) is 22.9 Å². The molecule has 3 heteroatoms. The average Bonchev–Trinajstić information content (AvgIpc) is 2.92. The zero-order valence-corrected chi connectivity index (χ0v) is 11.2. The van der Waals surface area contributed by atoms with Gasteiger partial charge in [0.25, 0.3) is 0 Å². The predicted octanol–water partition coefficient (Wildman–Crippen LogP) is 3.30. The molecule has 0 radical (unpaired) electrons. The van der Waals surface area contributed by atoms with Crippen molar-refractivity contribution in [2.75, 3.05) is 5.73 Å². The lowest BCUT2D eigenvalue weighted by Gasteiger charge is -2.18. The van der Waals surface area contributed by atoms with Gasteiger partial charge in [-0.2, -0.15) is 5.10 Å². The highest BCUT2D eigenvalue weighted by atomic mass is 15.3. The molecule has 20 heavy (non-hydrogen) atoms. The van der Waals surface area contributed by atoms with Crippen LogP contribution in [0.2, 0.25) is 0 Å². The third kappa shape index (κ3) is 2.57. The van der Waals surface area contributed by atoms with Crippen LogP contribution >= 0.6 is 0 Å². The van der Waals surface area contributed by atoms with E-state index in [9.17, 15) is 0 Å². The number of nitrogens with zero attached hydrogens (tertiary/aromatic N) is 2. The van der Waals surface area contributed by atoms with Gasteiger partial charge in [0, 0.05) is 5.92 Å². The summed E-state index contributed by atoms with van der Waals surface area (Å²) >= 11 is 0. The van der Waals surface area contributed by atoms with Gasteiger partial charge in [0.2, 0.25) is 0 Å². The van der Waals surface area contributed by atoms with Crippen LogP contribution in [0.3, 0.4) is 0 Å². The van der Waals surface area contributed by atoms with Crippen LogP contribution in [0.15, 0.2) is 72.9 Å². The number of aromatic nitrogens is 2. The third-order valence-corrected chi connectivity index (χ3v) is 3.51. The zero-order chi connectivity index (χ0) is 13.8. The van der Waals surface area contributed by atoms with Gasteiger partial charge in [-0.3, -0.25) is 0 Å². The van der Waals surface area contributed by atoms with Crippen molar-refractivity contribution in [3.63, 3.8) is 0 Å². The number of anilines is 1. The summed E-state index contributed by atoms with van der Waals surface area (Å²) in [6.45, 7) is 0.743. The first-order valence-electron chi connectivity index (χ1n) is 6.72. The van der Waals surface area contributed by atoms with Crippen LogP contribution in [0.25, 0.3) is 0 Å². The van der Waals surface area contributed by atoms with E-state index in [2.05, 4.69) is 53.6 Å². The summed E-state index contributed by atoms with van der Waals surface area (Å²) in [5.74, 6) is 0.946. The highest BCUT2D eigenvalue weighted by Gasteiger charge is 2.15. The summed E-state index contributed by atoms with van der Waals surface area (Å²) in [5.41, 5.74) is 8.49. The highest BCUT2D eigenvalue weighted by molar-refractivity contribution is 5.33. The van der Waals surface area contributed by atoms with E-state index < -0.39 is 0 Å². The fourth-order valence-electron chi connectivity index (χ4n) is 2.44. The molecule has 100 valence electrons. The van der Waals surface area contributed by atoms with Crippen molar-refractivity contribution in [3.05, 3.63) is 84.1 Å². The van der Waals surface area contributed by atoms with Gasteiger partial charge < -0.3 is 5.73 Å². The van der Waals surface area contributed by atoms with Crippen molar-refractivity contribution in [1.29, 1.82) is 0 Å². The van der Waals surface area contributed by atoms with Crippen molar-refractivity contribution in [1.82, 2.24) is 9.78 Å². The van der Waals surface area contributed by atoms with E-state index in [1.54, 1.807) is 6.20 Å². The molecule has 1 aromatic heterocycles. The Kier molecular flexibility index (Phi) is 3.50. The molecule has 0 aliphatic rings. The Hall–Kier alpha value is -2.55. The molecule has 0 spiro atoms. The van der Waals surface area contributed by atoms with Crippen molar-refractivity contribution < 1.29 is 0 Å². The van der Waals surface area contributed by atoms with Gasteiger partial charge in [0.05, 0.1) is 12.7 Å². The van der Waals surface area contributed by atoms with Crippen LogP contribution in [0, 0.1) is 0 Å². The molecular formula is C17H17N3. The first-order chi connectivity index (χ1) is 9.84. The number of nitrogens with two attached hydrogens (primary N) is 1. The lowest BCUT2D eigenvalue weighted by Crippen LogP contribution is -2.13. The standard InChI is InChI=1S/C17H17N3/c18-17-11-12-19-20(17)13-16(14-7-3-1-4-8-14)15-9-5-2-6-10-15/h1-12,16H,13,18H2. The van der Waals surface area contributed by atoms with E-state index in [4.69, 9.17) is 5.73 Å². The Labute approximate surface area is 118 Å². The van der Waals surface area contributed by atoms with E-state index in [0.717, 1.165) is 6.54 Å². The largest absolute Gasteiger partial charge is 0.384 e. The average molecular weight is 263 g/mol. The molecule has 2 aromatic carbocycles. The molecule has 3 aromatic rings. The second-order valence-electron chi connectivity index (χ2n) is 4.81. The Morgan fingerprint density at radius 2 is 1.40 bits per heavy atom. The first-order valence-corrected chi connectivity index (χ1v) is 6.72. The third-order valence-electron chi connectivity index (χ3n) is 3.51. The van der Waals surface area contributed by atoms with Gasteiger partial charge in [-0.25, -0.2) is 4.68 Å². The molecule has 0 unspecified atom stereocenters. The Balaban J connectivity index is 1.98. The Morgan fingerprint density at radius 1 is 0.850 bits per heavy atom. The molecule has 2 N–H and O–H groups in total. The molecule has 3 rings (SSSR count). The summed E-state index contributed by atoms with van der Waals surface area (Å²) in [4.78, 5) is 0. The second-order valence-corrected chi connectivity index (χ2v) is 4.81. The zero-order valence-electron chi connectivity index (χ0n) is 11.2. The molecular weight excluding hydrogens is 246 g/mol. The quantitative estimate of drug-likeness (QED) is 0.785. The number of hydrogen-bond donors (Lipinski definition) is 1. The van der Waals surface area contributed by atoms with Crippen LogP contribution < -0.4 is 5.73 Å². The summed E-state index contributed by atoms with van der Waals surface area (Å²) in [7, 11) is 0. The number of nitrogen functional groups attached to an aromatic ring is 1. The maximum Gasteiger partial charge on any atom is 0.121 e. The summed E-state index contributed by atoms with van der Waals surface area (Å²) in [6.07, 6.45) is 1.74. The molecule has 0 atom stereocenters. The van der Waals surface area contributed by atoms with Crippen molar-refractivity contribution in [2.24, 2.45) is 0 Å². The monoisotopic (exact) mass is 263 g/mol. The molecule has 0 saturated carbocycles. The minimum absolute atomic E-state index is 0.250. The maximum atomic E-state index is 5.95. The Morgan fingerprint density at radius 3 is 1.85 bits per heavy atom. The van der Waals surface area contributed by atoms with Gasteiger partial charge in [0.1, 0.15) is 5.82 Å². The Bertz CT molecular complexity index is 619. The molecule has 0 bridgehead atoms. The fraction of sp³-hybridized carbons (Fsp3) is 0.118. The van der Waals surface area contributed by atoms with Crippen LogP contribution in [0.5, 0.6) is 0 Å². The van der Waals surface area contributed by atoms with Gasteiger partial charge in [-0.05, 0) is 17.2 Å². The SMILES string of the molecule is Nc1ccnn1CC(c1ccccc1)c1ccccc1. The van der Waals surface area contributed by atoms with E-state index in [0.29, 0.717) is 5.82 Å². The lowest BCUT2D eigenvalue weighted by molar-refractivity contribution is 0.570. The summed E-state index contributed by atoms with van der Waals surface area (Å²) < 4.78 is 1.85. The predicted molar refractivity (Wildman–Crippen MR) is 81.4 cm³/mol. The summed E-state index contributed by atoms with van der Waals surface area (Å²) in [5, 5.41) is 4.30. The highest BCUT2D eigenvalue weighted by Crippen LogP contribution is 2.26. The normalized spacial score (nSPS) is 10.8. The molecule has 0 fully saturated rings. The number of benzene rings is 2. The smallest absolute Gasteiger partial charge is 0.121 e. The van der Waals surface area contributed by atoms with Gasteiger partial charge in [-0.1, -0.05) is 60.7 Å². The molecule has 0 aliphatic carbocycles. The molecule has 3 nitrogen and oxygen atoms in total. The number of rotatable bonds is 4. The lowest BCUT2D eigenvalue weighted by atomic mass is 9.91. The van der Waals surface area contributed by atoms with E-state index in [1.165, 1.54) is 11.1 Å². The fourth-order valence-corrected chi connectivity index (χ4v) is 2.44. The van der Waals surface area contributed by atoms with Crippen LogP contribution in [0.4, 0.5) is 5.82 Å². The maximum absolute atomic E-state index is 5.95. The minimum atomic E-state index is 0.250. The van der Waals surface area contributed by atoms with Crippen LogP contribution in [0.1, 0.15) is 17.0 Å². The second kappa shape index (κ2) is 5.61. The minimum Gasteiger partial charge on any atom is -0.384 e. The molecule has 1 heterocycles. The van der Waals surface area contributed by atoms with Crippen molar-refractivity contribution >= 4 is 5.82 Å². The van der Waals surface area contributed by atoms with E-state index in [-0.39, 0.29) is 5.92 Å². The van der Waals surface area contributed by atoms with Gasteiger partial charge in [-0.15, -0.1) is 0 Å².